The number of amides is 1. The van der Waals surface area contributed by atoms with Gasteiger partial charge in [-0.05, 0) is 82.8 Å². The smallest absolute Gasteiger partial charge is 0.410 e. The summed E-state index contributed by atoms with van der Waals surface area (Å²) in [7, 11) is 0. The Morgan fingerprint density at radius 2 is 1.83 bits per heavy atom. The number of hydrogen-bond acceptors (Lipinski definition) is 5. The third kappa shape index (κ3) is 5.68. The van der Waals surface area contributed by atoms with E-state index in [1.165, 1.54) is 6.07 Å². The summed E-state index contributed by atoms with van der Waals surface area (Å²) >= 11 is 0. The normalized spacial score (nSPS) is 22.4. The summed E-state index contributed by atoms with van der Waals surface area (Å²) in [5.74, 6) is 0.828. The van der Waals surface area contributed by atoms with Gasteiger partial charge >= 0.3 is 6.09 Å². The van der Waals surface area contributed by atoms with Crippen molar-refractivity contribution in [2.75, 3.05) is 32.8 Å². The lowest BCUT2D eigenvalue weighted by atomic mass is 9.86. The average molecular weight is 497 g/mol. The van der Waals surface area contributed by atoms with Crippen LogP contribution in [0.4, 0.5) is 9.18 Å². The standard InChI is InChI=1S/C29H37FN2O4/c1-28(2,3)36-27(33)32-19-29(20-32)16-24(18-35-29)31-13-11-22(12-14-31)25-15-23(30)9-10-26(25)34-17-21-7-5-4-6-8-21/h4-10,15,22,24H,11-14,16-20H2,1-3H3/t24-/m0/s1. The molecule has 6 nitrogen and oxygen atoms in total. The van der Waals surface area contributed by atoms with Crippen molar-refractivity contribution in [1.29, 1.82) is 0 Å². The van der Waals surface area contributed by atoms with Crippen LogP contribution >= 0.6 is 0 Å². The van der Waals surface area contributed by atoms with Gasteiger partial charge in [-0.25, -0.2) is 9.18 Å². The monoisotopic (exact) mass is 496 g/mol. The Kier molecular flexibility index (Phi) is 6.97. The molecule has 3 aliphatic rings. The molecule has 3 fully saturated rings. The van der Waals surface area contributed by atoms with E-state index < -0.39 is 5.60 Å². The van der Waals surface area contributed by atoms with Gasteiger partial charge < -0.3 is 19.1 Å². The zero-order valence-electron chi connectivity index (χ0n) is 21.5. The van der Waals surface area contributed by atoms with Crippen molar-refractivity contribution in [2.24, 2.45) is 0 Å². The lowest BCUT2D eigenvalue weighted by Gasteiger charge is -2.47. The molecule has 1 amide bonds. The van der Waals surface area contributed by atoms with E-state index in [1.54, 1.807) is 17.0 Å². The molecule has 0 aromatic heterocycles. The van der Waals surface area contributed by atoms with Crippen LogP contribution in [0.5, 0.6) is 5.75 Å². The van der Waals surface area contributed by atoms with Crippen LogP contribution in [0.3, 0.4) is 0 Å². The van der Waals surface area contributed by atoms with E-state index in [4.69, 9.17) is 14.2 Å². The Bertz CT molecular complexity index is 1060. The number of nitrogens with zero attached hydrogens (tertiary/aromatic N) is 2. The Hall–Kier alpha value is -2.64. The number of ether oxygens (including phenoxy) is 3. The quantitative estimate of drug-likeness (QED) is 0.558. The summed E-state index contributed by atoms with van der Waals surface area (Å²) in [5.41, 5.74) is 1.34. The molecule has 0 N–H and O–H groups in total. The summed E-state index contributed by atoms with van der Waals surface area (Å²) in [6.07, 6.45) is 2.58. The first kappa shape index (κ1) is 25.0. The first-order valence-electron chi connectivity index (χ1n) is 13.0. The third-order valence-electron chi connectivity index (χ3n) is 7.49. The zero-order chi connectivity index (χ0) is 25.3. The van der Waals surface area contributed by atoms with Crippen molar-refractivity contribution >= 4 is 6.09 Å². The maximum atomic E-state index is 14.2. The molecular formula is C29H37FN2O4. The van der Waals surface area contributed by atoms with Crippen LogP contribution < -0.4 is 4.74 Å². The first-order chi connectivity index (χ1) is 17.2. The van der Waals surface area contributed by atoms with Crippen LogP contribution in [0.15, 0.2) is 48.5 Å². The molecule has 0 bridgehead atoms. The van der Waals surface area contributed by atoms with Gasteiger partial charge in [-0.3, -0.25) is 4.90 Å². The number of halogens is 1. The van der Waals surface area contributed by atoms with Gasteiger partial charge in [0, 0.05) is 11.6 Å². The number of rotatable bonds is 5. The molecule has 3 saturated heterocycles. The second-order valence-electron chi connectivity index (χ2n) is 11.5. The summed E-state index contributed by atoms with van der Waals surface area (Å²) in [4.78, 5) is 16.6. The molecule has 0 radical (unpaired) electrons. The molecule has 0 saturated carbocycles. The molecule has 3 heterocycles. The molecule has 0 aliphatic carbocycles. The Morgan fingerprint density at radius 3 is 2.53 bits per heavy atom. The molecule has 194 valence electrons. The Balaban J connectivity index is 1.14. The minimum Gasteiger partial charge on any atom is -0.489 e. The lowest BCUT2D eigenvalue weighted by Crippen LogP contribution is -2.64. The van der Waals surface area contributed by atoms with Crippen LogP contribution in [0, 0.1) is 5.82 Å². The van der Waals surface area contributed by atoms with Gasteiger partial charge in [0.1, 0.15) is 29.4 Å². The Morgan fingerprint density at radius 1 is 1.11 bits per heavy atom. The predicted octanol–water partition coefficient (Wildman–Crippen LogP) is 5.36. The molecule has 5 rings (SSSR count). The zero-order valence-corrected chi connectivity index (χ0v) is 21.5. The van der Waals surface area contributed by atoms with Gasteiger partial charge in [0.25, 0.3) is 0 Å². The molecule has 1 atom stereocenters. The maximum Gasteiger partial charge on any atom is 0.410 e. The van der Waals surface area contributed by atoms with Gasteiger partial charge in [0.2, 0.25) is 0 Å². The van der Waals surface area contributed by atoms with E-state index in [2.05, 4.69) is 4.90 Å². The van der Waals surface area contributed by atoms with Crippen LogP contribution in [0.2, 0.25) is 0 Å². The maximum absolute atomic E-state index is 14.2. The van der Waals surface area contributed by atoms with Gasteiger partial charge in [-0.15, -0.1) is 0 Å². The highest BCUT2D eigenvalue weighted by molar-refractivity contribution is 5.69. The molecule has 36 heavy (non-hydrogen) atoms. The molecule has 3 aliphatic heterocycles. The third-order valence-corrected chi connectivity index (χ3v) is 7.49. The van der Waals surface area contributed by atoms with Crippen molar-refractivity contribution in [3.8, 4) is 5.75 Å². The summed E-state index contributed by atoms with van der Waals surface area (Å²) in [6, 6.07) is 15.3. The molecular weight excluding hydrogens is 459 g/mol. The minimum absolute atomic E-state index is 0.217. The molecule has 2 aromatic rings. The average Bonchev–Trinajstić information content (AvgIpc) is 3.28. The van der Waals surface area contributed by atoms with Crippen LogP contribution in [0.1, 0.15) is 57.1 Å². The highest BCUT2D eigenvalue weighted by atomic mass is 19.1. The van der Waals surface area contributed by atoms with E-state index in [0.717, 1.165) is 49.2 Å². The molecule has 0 unspecified atom stereocenters. The number of likely N-dealkylation sites (tertiary alicyclic amines) is 2. The van der Waals surface area contributed by atoms with E-state index in [1.807, 2.05) is 51.1 Å². The molecule has 2 aromatic carbocycles. The van der Waals surface area contributed by atoms with Crippen LogP contribution in [0.25, 0.3) is 0 Å². The second-order valence-corrected chi connectivity index (χ2v) is 11.5. The fourth-order valence-electron chi connectivity index (χ4n) is 5.66. The van der Waals surface area contributed by atoms with Crippen molar-refractivity contribution in [2.45, 2.75) is 69.8 Å². The van der Waals surface area contributed by atoms with Gasteiger partial charge in [0.05, 0.1) is 19.7 Å². The SMILES string of the molecule is CC(C)(C)OC(=O)N1CC2(C[C@H](N3CCC(c4cc(F)ccc4OCc4ccccc4)CC3)CO2)C1. The predicted molar refractivity (Wildman–Crippen MR) is 136 cm³/mol. The lowest BCUT2D eigenvalue weighted by molar-refractivity contribution is -0.109. The van der Waals surface area contributed by atoms with Crippen LogP contribution in [-0.4, -0.2) is 65.9 Å². The number of piperidine rings is 1. The first-order valence-corrected chi connectivity index (χ1v) is 13.0. The number of carbonyl (C=O) groups excluding carboxylic acids is 1. The fraction of sp³-hybridized carbons (Fsp3) is 0.552. The van der Waals surface area contributed by atoms with Crippen molar-refractivity contribution in [3.05, 3.63) is 65.5 Å². The number of benzene rings is 2. The summed E-state index contributed by atoms with van der Waals surface area (Å²) in [6.45, 7) is 9.90. The molecule has 7 heteroatoms. The Labute approximate surface area is 213 Å². The van der Waals surface area contributed by atoms with Gasteiger partial charge in [-0.2, -0.15) is 0 Å². The minimum atomic E-state index is -0.489. The number of hydrogen-bond donors (Lipinski definition) is 0. The van der Waals surface area contributed by atoms with Gasteiger partial charge in [-0.1, -0.05) is 30.3 Å². The van der Waals surface area contributed by atoms with Crippen molar-refractivity contribution in [1.82, 2.24) is 9.80 Å². The molecule has 1 spiro atoms. The number of carbonyl (C=O) groups is 1. The summed E-state index contributed by atoms with van der Waals surface area (Å²) < 4.78 is 32.0. The van der Waals surface area contributed by atoms with E-state index in [9.17, 15) is 9.18 Å². The topological polar surface area (TPSA) is 51.2 Å². The van der Waals surface area contributed by atoms with Gasteiger partial charge in [0.15, 0.2) is 0 Å². The largest absolute Gasteiger partial charge is 0.489 e. The van der Waals surface area contributed by atoms with E-state index in [0.29, 0.717) is 32.3 Å². The van der Waals surface area contributed by atoms with E-state index >= 15 is 0 Å². The summed E-state index contributed by atoms with van der Waals surface area (Å²) in [5, 5.41) is 0. The van der Waals surface area contributed by atoms with Crippen molar-refractivity contribution < 1.29 is 23.4 Å². The fourth-order valence-corrected chi connectivity index (χ4v) is 5.66. The van der Waals surface area contributed by atoms with E-state index in [-0.39, 0.29) is 23.4 Å². The van der Waals surface area contributed by atoms with Crippen molar-refractivity contribution in [3.63, 3.8) is 0 Å². The highest BCUT2D eigenvalue weighted by Gasteiger charge is 2.53. The second kappa shape index (κ2) is 10.0. The van der Waals surface area contributed by atoms with Crippen LogP contribution in [-0.2, 0) is 16.1 Å². The highest BCUT2D eigenvalue weighted by Crippen LogP contribution is 2.40.